The van der Waals surface area contributed by atoms with Gasteiger partial charge >= 0.3 is 5.97 Å². The molecule has 0 spiro atoms. The van der Waals surface area contributed by atoms with Crippen molar-refractivity contribution in [2.24, 2.45) is 0 Å². The van der Waals surface area contributed by atoms with E-state index in [0.29, 0.717) is 5.56 Å². The summed E-state index contributed by atoms with van der Waals surface area (Å²) in [6, 6.07) is 3.93. The van der Waals surface area contributed by atoms with E-state index in [1.807, 2.05) is 18.3 Å². The highest BCUT2D eigenvalue weighted by Gasteiger charge is 2.24. The Morgan fingerprint density at radius 1 is 1.16 bits per heavy atom. The van der Waals surface area contributed by atoms with Crippen molar-refractivity contribution < 1.29 is 9.90 Å². The Bertz CT molecular complexity index is 1140. The minimum atomic E-state index is -1.05. The van der Waals surface area contributed by atoms with Gasteiger partial charge in [-0.3, -0.25) is 10.2 Å². The molecule has 1 aromatic carbocycles. The van der Waals surface area contributed by atoms with E-state index in [0.717, 1.165) is 58.7 Å². The molecule has 1 aliphatic rings. The topological polar surface area (TPSA) is 108 Å². The SMILES string of the molecule is O=C(O)c1n[nH]cc1-c1nc2ccc3[nH]ncc3c2c2c1CCCC2. The fraction of sp³-hybridized carbons (Fsp3) is 0.222. The molecule has 0 unspecified atom stereocenters. The summed E-state index contributed by atoms with van der Waals surface area (Å²) in [5.74, 6) is -1.05. The second-order valence-electron chi connectivity index (χ2n) is 6.37. The van der Waals surface area contributed by atoms with Crippen LogP contribution in [0.15, 0.2) is 24.5 Å². The molecule has 0 radical (unpaired) electrons. The van der Waals surface area contributed by atoms with Crippen molar-refractivity contribution in [3.63, 3.8) is 0 Å². The van der Waals surface area contributed by atoms with Gasteiger partial charge in [0.2, 0.25) is 0 Å². The van der Waals surface area contributed by atoms with Crippen molar-refractivity contribution in [2.75, 3.05) is 0 Å². The molecule has 1 aliphatic carbocycles. The van der Waals surface area contributed by atoms with Crippen molar-refractivity contribution in [1.29, 1.82) is 0 Å². The van der Waals surface area contributed by atoms with Crippen LogP contribution in [0, 0.1) is 0 Å². The number of aryl methyl sites for hydroxylation is 1. The van der Waals surface area contributed by atoms with Gasteiger partial charge in [0, 0.05) is 17.0 Å². The minimum absolute atomic E-state index is 0.0176. The molecule has 3 N–H and O–H groups in total. The number of H-pyrrole nitrogens is 2. The van der Waals surface area contributed by atoms with Gasteiger partial charge in [0.15, 0.2) is 5.69 Å². The normalized spacial score (nSPS) is 14.1. The molecular formula is C18H15N5O2. The number of nitrogens with zero attached hydrogens (tertiary/aromatic N) is 3. The number of hydrogen-bond donors (Lipinski definition) is 3. The van der Waals surface area contributed by atoms with E-state index in [1.165, 1.54) is 5.56 Å². The Kier molecular flexibility index (Phi) is 2.91. The van der Waals surface area contributed by atoms with Crippen LogP contribution in [0.5, 0.6) is 0 Å². The number of pyridine rings is 1. The zero-order chi connectivity index (χ0) is 17.0. The first kappa shape index (κ1) is 14.2. The molecular weight excluding hydrogens is 318 g/mol. The molecule has 0 aliphatic heterocycles. The maximum atomic E-state index is 11.5. The number of rotatable bonds is 2. The summed E-state index contributed by atoms with van der Waals surface area (Å²) in [6.45, 7) is 0. The Labute approximate surface area is 142 Å². The molecule has 5 rings (SSSR count). The van der Waals surface area contributed by atoms with Gasteiger partial charge in [0.25, 0.3) is 0 Å². The molecule has 0 bridgehead atoms. The summed E-state index contributed by atoms with van der Waals surface area (Å²) < 4.78 is 0. The maximum Gasteiger partial charge on any atom is 0.357 e. The molecule has 0 saturated carbocycles. The number of carboxylic acid groups (broad SMARTS) is 1. The number of aromatic carboxylic acids is 1. The third-order valence-electron chi connectivity index (χ3n) is 4.99. The number of carboxylic acids is 1. The Morgan fingerprint density at radius 2 is 2.00 bits per heavy atom. The molecule has 0 atom stereocenters. The number of fused-ring (bicyclic) bond motifs is 5. The van der Waals surface area contributed by atoms with E-state index in [1.54, 1.807) is 6.20 Å². The van der Waals surface area contributed by atoms with Gasteiger partial charge in [-0.05, 0) is 48.9 Å². The Morgan fingerprint density at radius 3 is 2.84 bits per heavy atom. The molecule has 0 saturated heterocycles. The molecule has 0 fully saturated rings. The van der Waals surface area contributed by atoms with Crippen molar-refractivity contribution in [1.82, 2.24) is 25.4 Å². The number of aromatic amines is 2. The summed E-state index contributed by atoms with van der Waals surface area (Å²) >= 11 is 0. The van der Waals surface area contributed by atoms with Crippen LogP contribution in [0.2, 0.25) is 0 Å². The van der Waals surface area contributed by atoms with Crippen LogP contribution >= 0.6 is 0 Å². The van der Waals surface area contributed by atoms with Crippen LogP contribution < -0.4 is 0 Å². The highest BCUT2D eigenvalue weighted by atomic mass is 16.4. The molecule has 7 heteroatoms. The van der Waals surface area contributed by atoms with Gasteiger partial charge in [-0.1, -0.05) is 0 Å². The Balaban J connectivity index is 1.90. The Hall–Kier alpha value is -3.22. The first-order valence-electron chi connectivity index (χ1n) is 8.29. The fourth-order valence-corrected chi connectivity index (χ4v) is 3.90. The van der Waals surface area contributed by atoms with Crippen molar-refractivity contribution in [3.8, 4) is 11.3 Å². The summed E-state index contributed by atoms with van der Waals surface area (Å²) in [7, 11) is 0. The summed E-state index contributed by atoms with van der Waals surface area (Å²) in [5, 5.41) is 25.4. The summed E-state index contributed by atoms with van der Waals surface area (Å²) in [5.41, 5.74) is 5.55. The average molecular weight is 333 g/mol. The van der Waals surface area contributed by atoms with Crippen LogP contribution in [0.3, 0.4) is 0 Å². The molecule has 0 amide bonds. The zero-order valence-electron chi connectivity index (χ0n) is 13.3. The largest absolute Gasteiger partial charge is 0.476 e. The van der Waals surface area contributed by atoms with Gasteiger partial charge < -0.3 is 5.11 Å². The second kappa shape index (κ2) is 5.14. The highest BCUT2D eigenvalue weighted by molar-refractivity contribution is 6.08. The van der Waals surface area contributed by atoms with Gasteiger partial charge in [-0.25, -0.2) is 9.78 Å². The molecule has 25 heavy (non-hydrogen) atoms. The van der Waals surface area contributed by atoms with Crippen LogP contribution in [-0.2, 0) is 12.8 Å². The maximum absolute atomic E-state index is 11.5. The number of aromatic nitrogens is 5. The molecule has 4 aromatic rings. The lowest BCUT2D eigenvalue weighted by molar-refractivity contribution is 0.0691. The monoisotopic (exact) mass is 333 g/mol. The number of nitrogens with one attached hydrogen (secondary N) is 2. The molecule has 3 aromatic heterocycles. The lowest BCUT2D eigenvalue weighted by atomic mass is 9.85. The number of carbonyl (C=O) groups is 1. The highest BCUT2D eigenvalue weighted by Crippen LogP contribution is 2.38. The average Bonchev–Trinajstić information content (AvgIpc) is 3.29. The van der Waals surface area contributed by atoms with Crippen LogP contribution in [-0.4, -0.2) is 36.5 Å². The van der Waals surface area contributed by atoms with Crippen LogP contribution in [0.1, 0.15) is 34.5 Å². The number of benzene rings is 1. The lowest BCUT2D eigenvalue weighted by Crippen LogP contribution is -2.09. The van der Waals surface area contributed by atoms with Crippen LogP contribution in [0.25, 0.3) is 33.1 Å². The molecule has 3 heterocycles. The lowest BCUT2D eigenvalue weighted by Gasteiger charge is -2.21. The molecule has 7 nitrogen and oxygen atoms in total. The van der Waals surface area contributed by atoms with Crippen molar-refractivity contribution in [3.05, 3.63) is 41.3 Å². The first-order valence-corrected chi connectivity index (χ1v) is 8.29. The third kappa shape index (κ3) is 1.98. The smallest absolute Gasteiger partial charge is 0.357 e. The van der Waals surface area contributed by atoms with Crippen molar-refractivity contribution in [2.45, 2.75) is 25.7 Å². The van der Waals surface area contributed by atoms with E-state index in [-0.39, 0.29) is 5.69 Å². The standard InChI is InChI=1S/C18H15N5O2/c24-18(25)17-12(8-20-23-17)16-10-4-2-1-3-9(10)15-11-7-19-22-13(11)5-6-14(15)21-16/h5-8H,1-4H2,(H,19,22)(H,20,23)(H,24,25). The minimum Gasteiger partial charge on any atom is -0.476 e. The van der Waals surface area contributed by atoms with Gasteiger partial charge in [0.05, 0.1) is 28.5 Å². The third-order valence-corrected chi connectivity index (χ3v) is 4.99. The molecule has 124 valence electrons. The van der Waals surface area contributed by atoms with E-state index < -0.39 is 5.97 Å². The van der Waals surface area contributed by atoms with Gasteiger partial charge in [0.1, 0.15) is 0 Å². The number of hydrogen-bond acceptors (Lipinski definition) is 4. The predicted molar refractivity (Wildman–Crippen MR) is 92.6 cm³/mol. The second-order valence-corrected chi connectivity index (χ2v) is 6.37. The van der Waals surface area contributed by atoms with E-state index in [2.05, 4.69) is 20.4 Å². The van der Waals surface area contributed by atoms with Gasteiger partial charge in [-0.15, -0.1) is 0 Å². The first-order chi connectivity index (χ1) is 12.2. The quantitative estimate of drug-likeness (QED) is 0.522. The van der Waals surface area contributed by atoms with Crippen LogP contribution in [0.4, 0.5) is 0 Å². The van der Waals surface area contributed by atoms with Gasteiger partial charge in [-0.2, -0.15) is 10.2 Å². The van der Waals surface area contributed by atoms with E-state index in [9.17, 15) is 9.90 Å². The predicted octanol–water partition coefficient (Wildman–Crippen LogP) is 3.08. The van der Waals surface area contributed by atoms with E-state index >= 15 is 0 Å². The van der Waals surface area contributed by atoms with Crippen molar-refractivity contribution >= 4 is 27.8 Å². The van der Waals surface area contributed by atoms with E-state index in [4.69, 9.17) is 4.98 Å². The zero-order valence-corrected chi connectivity index (χ0v) is 13.3. The summed E-state index contributed by atoms with van der Waals surface area (Å²) in [6.07, 6.45) is 7.53. The fourth-order valence-electron chi connectivity index (χ4n) is 3.90. The summed E-state index contributed by atoms with van der Waals surface area (Å²) in [4.78, 5) is 16.3.